The van der Waals surface area contributed by atoms with Gasteiger partial charge in [0.1, 0.15) is 11.5 Å². The van der Waals surface area contributed by atoms with E-state index in [0.717, 1.165) is 101 Å². The van der Waals surface area contributed by atoms with E-state index in [4.69, 9.17) is 14.6 Å². The van der Waals surface area contributed by atoms with Gasteiger partial charge in [0.05, 0.1) is 25.9 Å². The molecule has 0 unspecified atom stereocenters. The van der Waals surface area contributed by atoms with E-state index in [1.54, 1.807) is 0 Å². The van der Waals surface area contributed by atoms with Gasteiger partial charge in [-0.2, -0.15) is 0 Å². The van der Waals surface area contributed by atoms with Gasteiger partial charge >= 0.3 is 0 Å². The molecule has 7 nitrogen and oxygen atoms in total. The van der Waals surface area contributed by atoms with E-state index in [2.05, 4.69) is 65.4 Å². The number of aliphatic hydroxyl groups excluding tert-OH is 2. The molecule has 2 heterocycles. The summed E-state index contributed by atoms with van der Waals surface area (Å²) in [6, 6.07) is 13.2. The Morgan fingerprint density at radius 2 is 1.42 bits per heavy atom. The first-order valence-electron chi connectivity index (χ1n) is 14.5. The predicted octanol–water partition coefficient (Wildman–Crippen LogP) is 3.62. The van der Waals surface area contributed by atoms with Crippen LogP contribution in [0.3, 0.4) is 0 Å². The number of β-amino-alcohol motifs (C(OH)–C–C–N with tert-alkyl or cyclic N) is 2. The van der Waals surface area contributed by atoms with Crippen LogP contribution in [0.2, 0.25) is 0 Å². The summed E-state index contributed by atoms with van der Waals surface area (Å²) < 4.78 is 12.4. The smallest absolute Gasteiger partial charge is 0.122 e. The molecule has 0 spiro atoms. The topological polar surface area (TPSA) is 77.4 Å². The lowest BCUT2D eigenvalue weighted by atomic mass is 9.95. The Morgan fingerprint density at radius 1 is 0.816 bits per heavy atom. The predicted molar refractivity (Wildman–Crippen MR) is 153 cm³/mol. The Labute approximate surface area is 228 Å². The summed E-state index contributed by atoms with van der Waals surface area (Å²) in [5.74, 6) is 1.88. The fraction of sp³-hybridized carbons (Fsp3) is 0.613. The monoisotopic (exact) mass is 525 g/mol. The SMILES string of the molecule is Cc1c(OCCCNC2CCN(CCO)CC2)cccc1-c1cccc(OCCCN2CC[C@@H](O)C2)c1C. The van der Waals surface area contributed by atoms with Gasteiger partial charge in [0.15, 0.2) is 0 Å². The molecule has 0 aliphatic carbocycles. The molecule has 2 fully saturated rings. The summed E-state index contributed by atoms with van der Waals surface area (Å²) in [5, 5.41) is 22.5. The lowest BCUT2D eigenvalue weighted by Gasteiger charge is -2.32. The largest absolute Gasteiger partial charge is 0.493 e. The normalized spacial score (nSPS) is 19.2. The van der Waals surface area contributed by atoms with Crippen molar-refractivity contribution in [2.24, 2.45) is 0 Å². The van der Waals surface area contributed by atoms with Gasteiger partial charge in [0, 0.05) is 32.2 Å². The second kappa shape index (κ2) is 14.8. The highest BCUT2D eigenvalue weighted by Crippen LogP contribution is 2.35. The summed E-state index contributed by atoms with van der Waals surface area (Å²) in [5.41, 5.74) is 4.68. The number of hydrogen-bond acceptors (Lipinski definition) is 7. The Balaban J connectivity index is 1.24. The molecule has 2 aliphatic heterocycles. The second-order valence-electron chi connectivity index (χ2n) is 10.8. The van der Waals surface area contributed by atoms with Gasteiger partial charge in [-0.25, -0.2) is 0 Å². The van der Waals surface area contributed by atoms with Crippen LogP contribution in [0, 0.1) is 13.8 Å². The Kier molecular flexibility index (Phi) is 11.3. The third-order valence-electron chi connectivity index (χ3n) is 8.00. The van der Waals surface area contributed by atoms with E-state index in [9.17, 15) is 5.11 Å². The average Bonchev–Trinajstić information content (AvgIpc) is 3.34. The van der Waals surface area contributed by atoms with E-state index < -0.39 is 0 Å². The maximum absolute atomic E-state index is 9.70. The second-order valence-corrected chi connectivity index (χ2v) is 10.8. The van der Waals surface area contributed by atoms with Crippen molar-refractivity contribution < 1.29 is 19.7 Å². The van der Waals surface area contributed by atoms with Crippen LogP contribution in [0.1, 0.15) is 43.2 Å². The Bertz CT molecular complexity index is 993. The molecule has 0 amide bonds. The molecule has 2 aromatic rings. The van der Waals surface area contributed by atoms with Crippen LogP contribution in [0.15, 0.2) is 36.4 Å². The maximum atomic E-state index is 9.70. The zero-order valence-corrected chi connectivity index (χ0v) is 23.3. The minimum atomic E-state index is -0.166. The number of ether oxygens (including phenoxy) is 2. The molecule has 1 atom stereocenters. The summed E-state index contributed by atoms with van der Waals surface area (Å²) in [6.07, 6.45) is 4.93. The fourth-order valence-corrected chi connectivity index (χ4v) is 5.67. The summed E-state index contributed by atoms with van der Waals surface area (Å²) in [7, 11) is 0. The van der Waals surface area contributed by atoms with Crippen molar-refractivity contribution in [1.29, 1.82) is 0 Å². The molecule has 0 saturated carbocycles. The highest BCUT2D eigenvalue weighted by Gasteiger charge is 2.20. The number of aliphatic hydroxyl groups is 2. The van der Waals surface area contributed by atoms with Crippen molar-refractivity contribution in [3.63, 3.8) is 0 Å². The van der Waals surface area contributed by atoms with Gasteiger partial charge in [-0.3, -0.25) is 0 Å². The summed E-state index contributed by atoms with van der Waals surface area (Å²) in [6.45, 7) is 12.5. The van der Waals surface area contributed by atoms with Crippen LogP contribution < -0.4 is 14.8 Å². The number of piperidine rings is 1. The van der Waals surface area contributed by atoms with Gasteiger partial charge in [-0.15, -0.1) is 0 Å². The molecule has 0 radical (unpaired) electrons. The Morgan fingerprint density at radius 3 is 2.00 bits per heavy atom. The number of nitrogens with one attached hydrogen (secondary N) is 1. The fourth-order valence-electron chi connectivity index (χ4n) is 5.67. The van der Waals surface area contributed by atoms with E-state index in [1.165, 1.54) is 11.1 Å². The molecule has 210 valence electrons. The van der Waals surface area contributed by atoms with E-state index >= 15 is 0 Å². The van der Waals surface area contributed by atoms with Crippen molar-refractivity contribution in [1.82, 2.24) is 15.1 Å². The number of hydrogen-bond donors (Lipinski definition) is 3. The first kappa shape index (κ1) is 28.8. The molecule has 38 heavy (non-hydrogen) atoms. The van der Waals surface area contributed by atoms with Crippen molar-refractivity contribution in [2.75, 3.05) is 65.6 Å². The quantitative estimate of drug-likeness (QED) is 0.325. The van der Waals surface area contributed by atoms with Crippen molar-refractivity contribution >= 4 is 0 Å². The van der Waals surface area contributed by atoms with Gasteiger partial charge in [0.25, 0.3) is 0 Å². The number of likely N-dealkylation sites (tertiary alicyclic amines) is 2. The van der Waals surface area contributed by atoms with Crippen molar-refractivity contribution in [3.8, 4) is 22.6 Å². The summed E-state index contributed by atoms with van der Waals surface area (Å²) >= 11 is 0. The van der Waals surface area contributed by atoms with Crippen LogP contribution in [0.25, 0.3) is 11.1 Å². The molecule has 2 aliphatic rings. The van der Waals surface area contributed by atoms with Crippen LogP contribution in [0.5, 0.6) is 11.5 Å². The lowest BCUT2D eigenvalue weighted by Crippen LogP contribution is -2.43. The molecule has 0 bridgehead atoms. The van der Waals surface area contributed by atoms with Gasteiger partial charge < -0.3 is 34.8 Å². The number of benzene rings is 2. The first-order chi connectivity index (χ1) is 18.5. The highest BCUT2D eigenvalue weighted by molar-refractivity contribution is 5.74. The molecule has 0 aromatic heterocycles. The van der Waals surface area contributed by atoms with Crippen LogP contribution in [-0.4, -0.2) is 97.8 Å². The van der Waals surface area contributed by atoms with Crippen molar-refractivity contribution in [2.45, 2.75) is 58.1 Å². The average molecular weight is 526 g/mol. The standard InChI is InChI=1S/C31H47N3O4/c1-24-28(29-8-4-10-31(25(29)2)38-22-6-15-34-18-13-27(36)23-34)7-3-9-30(24)37-21-5-14-32-26-11-16-33(17-12-26)19-20-35/h3-4,7-10,26-27,32,35-36H,5-6,11-23H2,1-2H3/t27-/m1/s1. The van der Waals surface area contributed by atoms with Crippen LogP contribution >= 0.6 is 0 Å². The third-order valence-corrected chi connectivity index (χ3v) is 8.00. The molecule has 7 heteroatoms. The van der Waals surface area contributed by atoms with Gasteiger partial charge in [0.2, 0.25) is 0 Å². The molecule has 2 aromatic carbocycles. The third kappa shape index (κ3) is 8.17. The van der Waals surface area contributed by atoms with E-state index in [-0.39, 0.29) is 12.7 Å². The molecular formula is C31H47N3O4. The van der Waals surface area contributed by atoms with Gasteiger partial charge in [-0.1, -0.05) is 24.3 Å². The highest BCUT2D eigenvalue weighted by atomic mass is 16.5. The number of rotatable bonds is 14. The zero-order valence-electron chi connectivity index (χ0n) is 23.3. The minimum Gasteiger partial charge on any atom is -0.493 e. The minimum absolute atomic E-state index is 0.166. The van der Waals surface area contributed by atoms with E-state index in [1.807, 2.05) is 0 Å². The van der Waals surface area contributed by atoms with Crippen LogP contribution in [0.4, 0.5) is 0 Å². The van der Waals surface area contributed by atoms with Crippen LogP contribution in [-0.2, 0) is 0 Å². The zero-order chi connectivity index (χ0) is 26.7. The van der Waals surface area contributed by atoms with Crippen molar-refractivity contribution in [3.05, 3.63) is 47.5 Å². The first-order valence-corrected chi connectivity index (χ1v) is 14.5. The van der Waals surface area contributed by atoms with E-state index in [0.29, 0.717) is 19.3 Å². The lowest BCUT2D eigenvalue weighted by molar-refractivity contribution is 0.156. The van der Waals surface area contributed by atoms with Gasteiger partial charge in [-0.05, 0) is 100.0 Å². The molecular weight excluding hydrogens is 478 g/mol. The molecule has 3 N–H and O–H groups in total. The molecule has 2 saturated heterocycles. The number of nitrogens with zero attached hydrogens (tertiary/aromatic N) is 2. The Hall–Kier alpha value is -2.16. The maximum Gasteiger partial charge on any atom is 0.122 e. The summed E-state index contributed by atoms with van der Waals surface area (Å²) in [4.78, 5) is 4.65. The molecule has 4 rings (SSSR count).